The molecule has 2 aromatic carbocycles. The molecule has 2 heterocycles. The van der Waals surface area contributed by atoms with Gasteiger partial charge in [-0.05, 0) is 67.1 Å². The van der Waals surface area contributed by atoms with Crippen molar-refractivity contribution in [3.8, 4) is 11.6 Å². The zero-order valence-corrected chi connectivity index (χ0v) is 18.3. The lowest BCUT2D eigenvalue weighted by Crippen LogP contribution is -2.35. The number of fused-ring (bicyclic) bond motifs is 1. The Hall–Kier alpha value is -3.22. The van der Waals surface area contributed by atoms with Crippen LogP contribution >= 0.6 is 0 Å². The van der Waals surface area contributed by atoms with Crippen molar-refractivity contribution in [1.82, 2.24) is 14.9 Å². The Labute approximate surface area is 188 Å². The first-order valence-corrected chi connectivity index (χ1v) is 11.2. The molecule has 1 fully saturated rings. The van der Waals surface area contributed by atoms with E-state index in [1.54, 1.807) is 12.3 Å². The molecular weight excluding hydrogens is 400 g/mol. The van der Waals surface area contributed by atoms with Gasteiger partial charge in [0.25, 0.3) is 0 Å². The maximum Gasteiger partial charge on any atom is 0.230 e. The Balaban J connectivity index is 1.25. The molecule has 32 heavy (non-hydrogen) atoms. The van der Waals surface area contributed by atoms with E-state index in [0.29, 0.717) is 11.8 Å². The highest BCUT2D eigenvalue weighted by Crippen LogP contribution is 2.30. The summed E-state index contributed by atoms with van der Waals surface area (Å²) in [5, 5.41) is 13.0. The van der Waals surface area contributed by atoms with E-state index in [1.165, 1.54) is 22.3 Å². The van der Waals surface area contributed by atoms with E-state index >= 15 is 0 Å². The van der Waals surface area contributed by atoms with Crippen molar-refractivity contribution in [3.63, 3.8) is 0 Å². The van der Waals surface area contributed by atoms with Gasteiger partial charge in [-0.25, -0.2) is 4.98 Å². The van der Waals surface area contributed by atoms with Gasteiger partial charge < -0.3 is 15.2 Å². The number of nitrogens with zero attached hydrogens (tertiary/aromatic N) is 3. The molecule has 0 unspecified atom stereocenters. The van der Waals surface area contributed by atoms with Gasteiger partial charge in [0.05, 0.1) is 6.10 Å². The zero-order chi connectivity index (χ0) is 21.9. The van der Waals surface area contributed by atoms with Crippen LogP contribution in [-0.2, 0) is 13.0 Å². The fraction of sp³-hybridized carbons (Fsp3) is 0.308. The van der Waals surface area contributed by atoms with Gasteiger partial charge >= 0.3 is 0 Å². The van der Waals surface area contributed by atoms with Gasteiger partial charge in [-0.1, -0.05) is 29.8 Å². The summed E-state index contributed by atoms with van der Waals surface area (Å²) >= 11 is 0. The van der Waals surface area contributed by atoms with Crippen molar-refractivity contribution in [1.29, 1.82) is 0 Å². The van der Waals surface area contributed by atoms with Crippen LogP contribution < -0.4 is 10.1 Å². The second-order valence-electron chi connectivity index (χ2n) is 8.68. The highest BCUT2D eigenvalue weighted by Gasteiger charge is 2.17. The minimum absolute atomic E-state index is 0.150. The van der Waals surface area contributed by atoms with E-state index in [4.69, 9.17) is 4.74 Å². The highest BCUT2D eigenvalue weighted by molar-refractivity contribution is 5.65. The SMILES string of the molecule is CC1=Cc2cc(Oc3ccnc(Nc4cccc(CN5CCC(O)CC5)c4)n3)ccc2C1. The summed E-state index contributed by atoms with van der Waals surface area (Å²) in [6.45, 7) is 4.88. The fourth-order valence-electron chi connectivity index (χ4n) is 4.34. The van der Waals surface area contributed by atoms with E-state index in [-0.39, 0.29) is 6.10 Å². The van der Waals surface area contributed by atoms with Gasteiger partial charge in [0, 0.05) is 37.6 Å². The van der Waals surface area contributed by atoms with Gasteiger partial charge in [-0.2, -0.15) is 4.98 Å². The Bertz CT molecular complexity index is 1140. The molecule has 0 saturated carbocycles. The Morgan fingerprint density at radius 1 is 1.12 bits per heavy atom. The molecular formula is C26H28N4O2. The minimum atomic E-state index is -0.150. The van der Waals surface area contributed by atoms with Gasteiger partial charge in [0.2, 0.25) is 11.8 Å². The summed E-state index contributed by atoms with van der Waals surface area (Å²) in [5.41, 5.74) is 6.08. The molecule has 2 N–H and O–H groups in total. The lowest BCUT2D eigenvalue weighted by Gasteiger charge is -2.29. The van der Waals surface area contributed by atoms with Crippen LogP contribution in [0.5, 0.6) is 11.6 Å². The van der Waals surface area contributed by atoms with E-state index < -0.39 is 0 Å². The van der Waals surface area contributed by atoms with Crippen LogP contribution in [0.4, 0.5) is 11.6 Å². The fourth-order valence-corrected chi connectivity index (χ4v) is 4.34. The van der Waals surface area contributed by atoms with Gasteiger partial charge in [-0.3, -0.25) is 4.90 Å². The molecule has 0 bridgehead atoms. The van der Waals surface area contributed by atoms with Crippen molar-refractivity contribution in [2.45, 2.75) is 38.8 Å². The molecule has 5 rings (SSSR count). The third-order valence-electron chi connectivity index (χ3n) is 5.99. The third kappa shape index (κ3) is 4.98. The number of hydrogen-bond donors (Lipinski definition) is 2. The number of benzene rings is 2. The molecule has 164 valence electrons. The summed E-state index contributed by atoms with van der Waals surface area (Å²) in [6, 6.07) is 16.2. The molecule has 0 radical (unpaired) electrons. The van der Waals surface area contributed by atoms with Crippen molar-refractivity contribution in [2.75, 3.05) is 18.4 Å². The summed E-state index contributed by atoms with van der Waals surface area (Å²) in [6.07, 6.45) is 6.45. The number of likely N-dealkylation sites (tertiary alicyclic amines) is 1. The summed E-state index contributed by atoms with van der Waals surface area (Å²) in [5.74, 6) is 1.77. The monoisotopic (exact) mass is 428 g/mol. The van der Waals surface area contributed by atoms with Crippen LogP contribution in [-0.4, -0.2) is 39.2 Å². The summed E-state index contributed by atoms with van der Waals surface area (Å²) in [4.78, 5) is 11.3. The molecule has 1 aliphatic carbocycles. The molecule has 1 aromatic heterocycles. The number of aliphatic hydroxyl groups excluding tert-OH is 1. The minimum Gasteiger partial charge on any atom is -0.439 e. The second kappa shape index (κ2) is 9.10. The number of anilines is 2. The summed E-state index contributed by atoms with van der Waals surface area (Å²) in [7, 11) is 0. The number of aromatic nitrogens is 2. The van der Waals surface area contributed by atoms with E-state index in [2.05, 4.69) is 57.4 Å². The smallest absolute Gasteiger partial charge is 0.230 e. The number of allylic oxidation sites excluding steroid dienone is 1. The second-order valence-corrected chi connectivity index (χ2v) is 8.68. The molecule has 0 spiro atoms. The zero-order valence-electron chi connectivity index (χ0n) is 18.3. The lowest BCUT2D eigenvalue weighted by atomic mass is 10.1. The van der Waals surface area contributed by atoms with Crippen LogP contribution in [0.15, 0.2) is 60.3 Å². The molecule has 1 aliphatic heterocycles. The van der Waals surface area contributed by atoms with E-state index in [1.807, 2.05) is 18.2 Å². The van der Waals surface area contributed by atoms with Crippen molar-refractivity contribution >= 4 is 17.7 Å². The first-order valence-electron chi connectivity index (χ1n) is 11.2. The number of aliphatic hydroxyl groups is 1. The molecule has 6 heteroatoms. The largest absolute Gasteiger partial charge is 0.439 e. The predicted molar refractivity (Wildman–Crippen MR) is 126 cm³/mol. The number of nitrogens with one attached hydrogen (secondary N) is 1. The average Bonchev–Trinajstić information content (AvgIpc) is 3.15. The van der Waals surface area contributed by atoms with Crippen LogP contribution in [0, 0.1) is 0 Å². The van der Waals surface area contributed by atoms with E-state index in [9.17, 15) is 5.11 Å². The predicted octanol–water partition coefficient (Wildman–Crippen LogP) is 4.93. The van der Waals surface area contributed by atoms with Crippen LogP contribution in [0.2, 0.25) is 0 Å². The molecule has 6 nitrogen and oxygen atoms in total. The number of rotatable bonds is 6. The lowest BCUT2D eigenvalue weighted by molar-refractivity contribution is 0.0792. The first-order chi connectivity index (χ1) is 15.6. The molecule has 0 amide bonds. The topological polar surface area (TPSA) is 70.5 Å². The van der Waals surface area contributed by atoms with Crippen LogP contribution in [0.25, 0.3) is 6.08 Å². The molecule has 1 saturated heterocycles. The summed E-state index contributed by atoms with van der Waals surface area (Å²) < 4.78 is 6.00. The Morgan fingerprint density at radius 2 is 2.00 bits per heavy atom. The number of hydrogen-bond acceptors (Lipinski definition) is 6. The van der Waals surface area contributed by atoms with Crippen LogP contribution in [0.3, 0.4) is 0 Å². The maximum absolute atomic E-state index is 9.70. The standard InChI is InChI=1S/C26H28N4O2/c1-18-13-20-5-6-24(16-21(20)14-18)32-25-7-10-27-26(29-25)28-22-4-2-3-19(15-22)17-30-11-8-23(31)9-12-30/h2-7,10,14-16,23,31H,8-9,11-13,17H2,1H3,(H,27,28,29). The van der Waals surface area contributed by atoms with Crippen molar-refractivity contribution in [2.24, 2.45) is 0 Å². The van der Waals surface area contributed by atoms with Gasteiger partial charge in [-0.15, -0.1) is 0 Å². The normalized spacial score (nSPS) is 16.5. The molecule has 3 aromatic rings. The van der Waals surface area contributed by atoms with Crippen molar-refractivity contribution in [3.05, 3.63) is 77.0 Å². The quantitative estimate of drug-likeness (QED) is 0.580. The van der Waals surface area contributed by atoms with E-state index in [0.717, 1.165) is 50.3 Å². The van der Waals surface area contributed by atoms with Gasteiger partial charge in [0.15, 0.2) is 0 Å². The molecule has 2 aliphatic rings. The number of ether oxygens (including phenoxy) is 1. The van der Waals surface area contributed by atoms with Gasteiger partial charge in [0.1, 0.15) is 5.75 Å². The number of piperidine rings is 1. The average molecular weight is 429 g/mol. The van der Waals surface area contributed by atoms with Crippen molar-refractivity contribution < 1.29 is 9.84 Å². The third-order valence-corrected chi connectivity index (χ3v) is 5.99. The first kappa shape index (κ1) is 20.7. The highest BCUT2D eigenvalue weighted by atomic mass is 16.5. The Kier molecular flexibility index (Phi) is 5.88. The maximum atomic E-state index is 9.70. The Morgan fingerprint density at radius 3 is 2.88 bits per heavy atom. The van der Waals surface area contributed by atoms with Crippen LogP contribution in [0.1, 0.15) is 36.5 Å². The molecule has 0 atom stereocenters.